The van der Waals surface area contributed by atoms with Crippen LogP contribution in [0.1, 0.15) is 10.6 Å². The summed E-state index contributed by atoms with van der Waals surface area (Å²) in [6.45, 7) is 0. The van der Waals surface area contributed by atoms with E-state index in [1.54, 1.807) is 18.2 Å². The molecule has 0 unspecified atom stereocenters. The van der Waals surface area contributed by atoms with Gasteiger partial charge in [0.05, 0.1) is 5.56 Å². The van der Waals surface area contributed by atoms with Crippen LogP contribution in [-0.4, -0.2) is 21.2 Å². The molecule has 0 amide bonds. The first-order valence-electron chi connectivity index (χ1n) is 4.20. The highest BCUT2D eigenvalue weighted by Crippen LogP contribution is 2.28. The third-order valence-electron chi connectivity index (χ3n) is 1.84. The molecule has 0 bridgehead atoms. The van der Waals surface area contributed by atoms with Gasteiger partial charge >= 0.3 is 5.97 Å². The van der Waals surface area contributed by atoms with Gasteiger partial charge in [-0.15, -0.1) is 0 Å². The minimum absolute atomic E-state index is 0.108. The number of hydrogen-bond acceptors (Lipinski definition) is 5. The SMILES string of the molecule is Nc1ccc(Br)c(-c2nc(C(=O)O)no2)c1. The highest BCUT2D eigenvalue weighted by molar-refractivity contribution is 9.10. The number of nitrogens with two attached hydrogens (primary N) is 1. The van der Waals surface area contributed by atoms with Crippen LogP contribution in [0.25, 0.3) is 11.5 Å². The van der Waals surface area contributed by atoms with E-state index < -0.39 is 5.97 Å². The Balaban J connectivity index is 2.50. The van der Waals surface area contributed by atoms with E-state index in [0.717, 1.165) is 0 Å². The molecule has 2 aromatic rings. The van der Waals surface area contributed by atoms with Gasteiger partial charge in [0.15, 0.2) is 0 Å². The number of anilines is 1. The van der Waals surface area contributed by atoms with Crippen molar-refractivity contribution in [2.24, 2.45) is 0 Å². The zero-order valence-corrected chi connectivity index (χ0v) is 9.43. The monoisotopic (exact) mass is 283 g/mol. The Kier molecular flexibility index (Phi) is 2.61. The van der Waals surface area contributed by atoms with Crippen LogP contribution in [0.2, 0.25) is 0 Å². The molecule has 16 heavy (non-hydrogen) atoms. The number of hydrogen-bond donors (Lipinski definition) is 2. The van der Waals surface area contributed by atoms with Gasteiger partial charge in [0.25, 0.3) is 11.7 Å². The first-order valence-corrected chi connectivity index (χ1v) is 4.99. The maximum atomic E-state index is 10.6. The maximum Gasteiger partial charge on any atom is 0.377 e. The van der Waals surface area contributed by atoms with Crippen molar-refractivity contribution in [3.8, 4) is 11.5 Å². The van der Waals surface area contributed by atoms with E-state index in [2.05, 4.69) is 26.1 Å². The molecule has 0 aliphatic heterocycles. The van der Waals surface area contributed by atoms with E-state index in [-0.39, 0.29) is 11.7 Å². The van der Waals surface area contributed by atoms with E-state index in [4.69, 9.17) is 15.4 Å². The van der Waals surface area contributed by atoms with Gasteiger partial charge in [-0.2, -0.15) is 4.98 Å². The van der Waals surface area contributed by atoms with Crippen molar-refractivity contribution in [2.75, 3.05) is 5.73 Å². The van der Waals surface area contributed by atoms with E-state index in [1.807, 2.05) is 0 Å². The zero-order valence-electron chi connectivity index (χ0n) is 7.85. The highest BCUT2D eigenvalue weighted by Gasteiger charge is 2.16. The van der Waals surface area contributed by atoms with Crippen LogP contribution in [0.5, 0.6) is 0 Å². The standard InChI is InChI=1S/C9H6BrN3O3/c10-6-2-1-4(11)3-5(6)8-12-7(9(14)15)13-16-8/h1-3H,11H2,(H,14,15). The van der Waals surface area contributed by atoms with Crippen LogP contribution in [-0.2, 0) is 0 Å². The third kappa shape index (κ3) is 1.89. The Morgan fingerprint density at radius 3 is 2.88 bits per heavy atom. The van der Waals surface area contributed by atoms with Crippen LogP contribution >= 0.6 is 15.9 Å². The van der Waals surface area contributed by atoms with E-state index in [0.29, 0.717) is 15.7 Å². The predicted molar refractivity (Wildman–Crippen MR) is 58.8 cm³/mol. The molecular weight excluding hydrogens is 278 g/mol. The number of rotatable bonds is 2. The summed E-state index contributed by atoms with van der Waals surface area (Å²) in [7, 11) is 0. The largest absolute Gasteiger partial charge is 0.475 e. The third-order valence-corrected chi connectivity index (χ3v) is 2.53. The Labute approximate surface area is 98.2 Å². The molecule has 0 saturated heterocycles. The average molecular weight is 284 g/mol. The molecule has 0 fully saturated rings. The Hall–Kier alpha value is -1.89. The van der Waals surface area contributed by atoms with Crippen molar-refractivity contribution in [1.82, 2.24) is 10.1 Å². The molecule has 0 atom stereocenters. The van der Waals surface area contributed by atoms with Gasteiger partial charge in [0.1, 0.15) is 0 Å². The van der Waals surface area contributed by atoms with Crippen LogP contribution in [0.4, 0.5) is 5.69 Å². The number of nitrogens with zero attached hydrogens (tertiary/aromatic N) is 2. The summed E-state index contributed by atoms with van der Waals surface area (Å²) < 4.78 is 5.52. The van der Waals surface area contributed by atoms with Crippen LogP contribution < -0.4 is 5.73 Å². The Bertz CT molecular complexity index is 553. The van der Waals surface area contributed by atoms with Gasteiger partial charge in [0.2, 0.25) is 0 Å². The molecule has 0 saturated carbocycles. The topological polar surface area (TPSA) is 102 Å². The summed E-state index contributed by atoms with van der Waals surface area (Å²) in [6.07, 6.45) is 0. The normalized spacial score (nSPS) is 10.3. The zero-order chi connectivity index (χ0) is 11.7. The Morgan fingerprint density at radius 1 is 1.50 bits per heavy atom. The molecule has 82 valence electrons. The molecule has 1 aromatic heterocycles. The predicted octanol–water partition coefficient (Wildman–Crippen LogP) is 1.78. The molecule has 0 spiro atoms. The van der Waals surface area contributed by atoms with E-state index in [9.17, 15) is 4.79 Å². The van der Waals surface area contributed by atoms with E-state index >= 15 is 0 Å². The second-order valence-electron chi connectivity index (χ2n) is 2.97. The fourth-order valence-corrected chi connectivity index (χ4v) is 1.54. The fourth-order valence-electron chi connectivity index (χ4n) is 1.13. The van der Waals surface area contributed by atoms with Crippen LogP contribution in [0.15, 0.2) is 27.2 Å². The lowest BCUT2D eigenvalue weighted by atomic mass is 10.2. The summed E-state index contributed by atoms with van der Waals surface area (Å²) in [5.74, 6) is -1.52. The van der Waals surface area contributed by atoms with Gasteiger partial charge in [0, 0.05) is 10.2 Å². The maximum absolute atomic E-state index is 10.6. The lowest BCUT2D eigenvalue weighted by Gasteiger charge is -1.99. The van der Waals surface area contributed by atoms with Crippen molar-refractivity contribution in [3.63, 3.8) is 0 Å². The fraction of sp³-hybridized carbons (Fsp3) is 0. The molecule has 3 N–H and O–H groups in total. The van der Waals surface area contributed by atoms with Gasteiger partial charge in [-0.25, -0.2) is 4.79 Å². The number of carbonyl (C=O) groups is 1. The summed E-state index contributed by atoms with van der Waals surface area (Å²) >= 11 is 3.28. The van der Waals surface area contributed by atoms with Crippen molar-refractivity contribution in [3.05, 3.63) is 28.5 Å². The lowest BCUT2D eigenvalue weighted by Crippen LogP contribution is -1.98. The smallest absolute Gasteiger partial charge is 0.377 e. The van der Waals surface area contributed by atoms with Crippen molar-refractivity contribution < 1.29 is 14.4 Å². The number of carboxylic acid groups (broad SMARTS) is 1. The molecule has 0 aliphatic carbocycles. The van der Waals surface area contributed by atoms with Crippen molar-refractivity contribution >= 4 is 27.6 Å². The second kappa shape index (κ2) is 3.93. The summed E-state index contributed by atoms with van der Waals surface area (Å²) in [4.78, 5) is 14.3. The minimum atomic E-state index is -1.24. The van der Waals surface area contributed by atoms with Gasteiger partial charge in [-0.3, -0.25) is 0 Å². The lowest BCUT2D eigenvalue weighted by molar-refractivity contribution is 0.0680. The number of carboxylic acids is 1. The summed E-state index contributed by atoms with van der Waals surface area (Å²) in [5.41, 5.74) is 6.68. The molecule has 1 aromatic carbocycles. The number of halogens is 1. The molecule has 0 aliphatic rings. The summed E-state index contributed by atoms with van der Waals surface area (Å²) in [6, 6.07) is 5.03. The molecule has 1 heterocycles. The second-order valence-corrected chi connectivity index (χ2v) is 3.82. The van der Waals surface area contributed by atoms with Gasteiger partial charge in [-0.05, 0) is 39.3 Å². The van der Waals surface area contributed by atoms with Crippen LogP contribution in [0, 0.1) is 0 Å². The molecule has 2 rings (SSSR count). The summed E-state index contributed by atoms with van der Waals surface area (Å²) in [5, 5.41) is 12.0. The highest BCUT2D eigenvalue weighted by atomic mass is 79.9. The van der Waals surface area contributed by atoms with Crippen LogP contribution in [0.3, 0.4) is 0 Å². The van der Waals surface area contributed by atoms with E-state index in [1.165, 1.54) is 0 Å². The first kappa shape index (κ1) is 10.6. The quantitative estimate of drug-likeness (QED) is 0.815. The number of nitrogen functional groups attached to an aromatic ring is 1. The van der Waals surface area contributed by atoms with Gasteiger partial charge < -0.3 is 15.4 Å². The molecule has 6 nitrogen and oxygen atoms in total. The molecule has 7 heteroatoms. The van der Waals surface area contributed by atoms with Crippen molar-refractivity contribution in [2.45, 2.75) is 0 Å². The molecular formula is C9H6BrN3O3. The average Bonchev–Trinajstić information content (AvgIpc) is 2.70. The number of aromatic nitrogens is 2. The Morgan fingerprint density at radius 2 is 2.25 bits per heavy atom. The first-order chi connectivity index (χ1) is 7.58. The number of aromatic carboxylic acids is 1. The van der Waals surface area contributed by atoms with Crippen molar-refractivity contribution in [1.29, 1.82) is 0 Å². The minimum Gasteiger partial charge on any atom is -0.475 e. The van der Waals surface area contributed by atoms with Gasteiger partial charge in [-0.1, -0.05) is 0 Å². The number of benzene rings is 1. The molecule has 0 radical (unpaired) electrons.